The van der Waals surface area contributed by atoms with Crippen LogP contribution in [0.15, 0.2) is 36.4 Å². The minimum Gasteiger partial charge on any atom is -0.490 e. The van der Waals surface area contributed by atoms with Crippen LogP contribution in [0.5, 0.6) is 11.5 Å². The number of nitro groups is 1. The van der Waals surface area contributed by atoms with Crippen LogP contribution in [0.2, 0.25) is 5.02 Å². The molecule has 2 aromatic carbocycles. The van der Waals surface area contributed by atoms with Crippen molar-refractivity contribution >= 4 is 28.9 Å². The van der Waals surface area contributed by atoms with Gasteiger partial charge in [-0.3, -0.25) is 19.8 Å². The number of ether oxygens (including phenoxy) is 2. The maximum Gasteiger partial charge on any atom is 0.417 e. The van der Waals surface area contributed by atoms with Crippen molar-refractivity contribution in [2.24, 2.45) is 0 Å². The Balaban J connectivity index is 1.20. The minimum absolute atomic E-state index is 0.0577. The van der Waals surface area contributed by atoms with Crippen molar-refractivity contribution in [2.75, 3.05) is 57.3 Å². The molecule has 2 saturated heterocycles. The van der Waals surface area contributed by atoms with Gasteiger partial charge in [-0.2, -0.15) is 13.2 Å². The van der Waals surface area contributed by atoms with Gasteiger partial charge in [-0.05, 0) is 31.2 Å². The Labute approximate surface area is 235 Å². The summed E-state index contributed by atoms with van der Waals surface area (Å²) in [7, 11) is 0. The molecular weight excluding hydrogens is 553 g/mol. The maximum atomic E-state index is 13.2. The molecule has 4 rings (SSSR count). The monoisotopic (exact) mass is 584 g/mol. The fourth-order valence-electron chi connectivity index (χ4n) is 4.97. The van der Waals surface area contributed by atoms with Gasteiger partial charge in [0.15, 0.2) is 0 Å². The molecule has 0 N–H and O–H groups in total. The highest BCUT2D eigenvalue weighted by Crippen LogP contribution is 2.37. The van der Waals surface area contributed by atoms with Crippen LogP contribution in [-0.4, -0.2) is 79.2 Å². The van der Waals surface area contributed by atoms with Crippen molar-refractivity contribution in [1.29, 1.82) is 0 Å². The van der Waals surface area contributed by atoms with Crippen LogP contribution in [-0.2, 0) is 11.0 Å². The molecule has 13 heteroatoms. The quantitative estimate of drug-likeness (QED) is 0.294. The van der Waals surface area contributed by atoms with Crippen molar-refractivity contribution in [3.8, 4) is 11.5 Å². The molecule has 0 unspecified atom stereocenters. The summed E-state index contributed by atoms with van der Waals surface area (Å²) >= 11 is 5.74. The van der Waals surface area contributed by atoms with Gasteiger partial charge in [0.05, 0.1) is 22.1 Å². The van der Waals surface area contributed by atoms with Gasteiger partial charge in [-0.25, -0.2) is 0 Å². The van der Waals surface area contributed by atoms with E-state index in [0.717, 1.165) is 6.07 Å². The molecule has 2 heterocycles. The molecule has 40 heavy (non-hydrogen) atoms. The average molecular weight is 585 g/mol. The number of hydrogen-bond donors (Lipinski definition) is 0. The standard InChI is InChI=1S/C27H32ClF3N4O5/c1-2-39-25-18-21(4-6-24(25)35(37)38)40-20-7-11-34(12-8-20)26(36)9-10-32-13-15-33(16-14-32)19-3-5-23(28)22(17-19)27(29,30)31/h3-6,17-18,20H,2,7-16H2,1H3. The van der Waals surface area contributed by atoms with E-state index in [9.17, 15) is 28.1 Å². The summed E-state index contributed by atoms with van der Waals surface area (Å²) in [6, 6.07) is 8.43. The van der Waals surface area contributed by atoms with Gasteiger partial charge < -0.3 is 19.3 Å². The largest absolute Gasteiger partial charge is 0.490 e. The summed E-state index contributed by atoms with van der Waals surface area (Å²) in [5.41, 5.74) is -0.464. The van der Waals surface area contributed by atoms with Crippen LogP contribution in [0.1, 0.15) is 31.7 Å². The summed E-state index contributed by atoms with van der Waals surface area (Å²) in [5, 5.41) is 10.9. The number of hydrogen-bond acceptors (Lipinski definition) is 7. The topological polar surface area (TPSA) is 88.4 Å². The molecule has 9 nitrogen and oxygen atoms in total. The van der Waals surface area contributed by atoms with E-state index in [0.29, 0.717) is 83.1 Å². The zero-order valence-electron chi connectivity index (χ0n) is 22.2. The first-order chi connectivity index (χ1) is 19.0. The number of amides is 1. The first-order valence-electron chi connectivity index (χ1n) is 13.2. The Bertz CT molecular complexity index is 1200. The number of benzene rings is 2. The average Bonchev–Trinajstić information content (AvgIpc) is 2.92. The van der Waals surface area contributed by atoms with Gasteiger partial charge in [0.25, 0.3) is 0 Å². The van der Waals surface area contributed by atoms with E-state index in [-0.39, 0.29) is 28.5 Å². The molecule has 1 amide bonds. The normalized spacial score (nSPS) is 17.1. The van der Waals surface area contributed by atoms with Crippen LogP contribution >= 0.6 is 11.6 Å². The van der Waals surface area contributed by atoms with E-state index < -0.39 is 16.7 Å². The molecule has 0 bridgehead atoms. The molecule has 0 saturated carbocycles. The number of nitro benzene ring substituents is 1. The lowest BCUT2D eigenvalue weighted by molar-refractivity contribution is -0.385. The Morgan fingerprint density at radius 2 is 1.77 bits per heavy atom. The summed E-state index contributed by atoms with van der Waals surface area (Å²) in [4.78, 5) is 29.4. The number of carbonyl (C=O) groups excluding carboxylic acids is 1. The van der Waals surface area contributed by atoms with E-state index in [1.54, 1.807) is 19.1 Å². The summed E-state index contributed by atoms with van der Waals surface area (Å²) in [6.45, 7) is 6.15. The van der Waals surface area contributed by atoms with Crippen LogP contribution in [0, 0.1) is 10.1 Å². The van der Waals surface area contributed by atoms with E-state index in [2.05, 4.69) is 4.90 Å². The molecule has 0 spiro atoms. The minimum atomic E-state index is -4.51. The number of anilines is 1. The number of rotatable bonds is 9. The maximum absolute atomic E-state index is 13.2. The zero-order chi connectivity index (χ0) is 28.9. The Morgan fingerprint density at radius 1 is 1.07 bits per heavy atom. The Hall–Kier alpha value is -3.25. The number of halogens is 4. The molecule has 2 fully saturated rings. The van der Waals surface area contributed by atoms with Gasteiger partial charge in [-0.15, -0.1) is 0 Å². The molecule has 0 radical (unpaired) electrons. The number of piperazine rings is 1. The first kappa shape index (κ1) is 29.7. The number of likely N-dealkylation sites (tertiary alicyclic amines) is 1. The Morgan fingerprint density at radius 3 is 2.40 bits per heavy atom. The van der Waals surface area contributed by atoms with Gasteiger partial charge in [0.1, 0.15) is 11.9 Å². The first-order valence-corrected chi connectivity index (χ1v) is 13.6. The third-order valence-electron chi connectivity index (χ3n) is 7.16. The lowest BCUT2D eigenvalue weighted by Gasteiger charge is -2.37. The molecule has 0 aromatic heterocycles. The van der Waals surface area contributed by atoms with Gasteiger partial charge in [0.2, 0.25) is 11.7 Å². The molecule has 2 aliphatic rings. The molecule has 0 aliphatic carbocycles. The number of carbonyl (C=O) groups is 1. The van der Waals surface area contributed by atoms with Crippen molar-refractivity contribution in [2.45, 2.75) is 38.5 Å². The lowest BCUT2D eigenvalue weighted by atomic mass is 10.1. The predicted octanol–water partition coefficient (Wildman–Crippen LogP) is 5.25. The van der Waals surface area contributed by atoms with Crippen LogP contribution in [0.25, 0.3) is 0 Å². The van der Waals surface area contributed by atoms with E-state index >= 15 is 0 Å². The summed E-state index contributed by atoms with van der Waals surface area (Å²) in [5.74, 6) is 0.714. The van der Waals surface area contributed by atoms with Crippen molar-refractivity contribution in [3.05, 3.63) is 57.1 Å². The molecule has 0 atom stereocenters. The highest BCUT2D eigenvalue weighted by Gasteiger charge is 2.34. The zero-order valence-corrected chi connectivity index (χ0v) is 22.9. The van der Waals surface area contributed by atoms with E-state index in [1.165, 1.54) is 18.2 Å². The van der Waals surface area contributed by atoms with Crippen LogP contribution in [0.3, 0.4) is 0 Å². The second kappa shape index (κ2) is 12.9. The lowest BCUT2D eigenvalue weighted by Crippen LogP contribution is -2.48. The van der Waals surface area contributed by atoms with Crippen molar-refractivity contribution in [1.82, 2.24) is 9.80 Å². The third-order valence-corrected chi connectivity index (χ3v) is 7.49. The second-order valence-electron chi connectivity index (χ2n) is 9.76. The summed E-state index contributed by atoms with van der Waals surface area (Å²) in [6.07, 6.45) is -2.96. The number of nitrogens with zero attached hydrogens (tertiary/aromatic N) is 4. The molecular formula is C27H32ClF3N4O5. The Kier molecular flexibility index (Phi) is 9.62. The third kappa shape index (κ3) is 7.48. The SMILES string of the molecule is CCOc1cc(OC2CCN(C(=O)CCN3CCN(c4ccc(Cl)c(C(F)(F)F)c4)CC3)CC2)ccc1[N+](=O)[O-]. The molecule has 2 aliphatic heterocycles. The number of piperidine rings is 1. The smallest absolute Gasteiger partial charge is 0.417 e. The highest BCUT2D eigenvalue weighted by atomic mass is 35.5. The molecule has 2 aromatic rings. The predicted molar refractivity (Wildman–Crippen MR) is 144 cm³/mol. The molecule has 218 valence electrons. The second-order valence-corrected chi connectivity index (χ2v) is 10.2. The number of alkyl halides is 3. The van der Waals surface area contributed by atoms with Gasteiger partial charge in [0, 0.05) is 82.9 Å². The fraction of sp³-hybridized carbons (Fsp3) is 0.519. The van der Waals surface area contributed by atoms with Gasteiger partial charge in [-0.1, -0.05) is 11.6 Å². The summed E-state index contributed by atoms with van der Waals surface area (Å²) < 4.78 is 51.0. The van der Waals surface area contributed by atoms with E-state index in [4.69, 9.17) is 21.1 Å². The van der Waals surface area contributed by atoms with Crippen molar-refractivity contribution in [3.63, 3.8) is 0 Å². The van der Waals surface area contributed by atoms with Crippen molar-refractivity contribution < 1.29 is 32.4 Å². The van der Waals surface area contributed by atoms with Crippen LogP contribution in [0.4, 0.5) is 24.5 Å². The van der Waals surface area contributed by atoms with Gasteiger partial charge >= 0.3 is 11.9 Å². The van der Waals surface area contributed by atoms with E-state index in [1.807, 2.05) is 9.80 Å². The fourth-order valence-corrected chi connectivity index (χ4v) is 5.20. The highest BCUT2D eigenvalue weighted by molar-refractivity contribution is 6.31. The van der Waals surface area contributed by atoms with Crippen LogP contribution < -0.4 is 14.4 Å².